The molecule has 7 heteroatoms. The number of anilines is 1. The number of carbonyl (C=O) groups is 1. The molecule has 0 saturated heterocycles. The Kier molecular flexibility index (Phi) is 6.37. The molecule has 0 saturated carbocycles. The third-order valence-electron chi connectivity index (χ3n) is 3.82. The highest BCUT2D eigenvalue weighted by atomic mass is 32.2. The molecule has 0 radical (unpaired) electrons. The maximum absolute atomic E-state index is 13.3. The van der Waals surface area contributed by atoms with E-state index in [9.17, 15) is 13.4 Å². The van der Waals surface area contributed by atoms with Crippen LogP contribution in [-0.2, 0) is 22.2 Å². The van der Waals surface area contributed by atoms with Crippen molar-refractivity contribution in [3.05, 3.63) is 54.0 Å². The second-order valence-electron chi connectivity index (χ2n) is 6.13. The van der Waals surface area contributed by atoms with Crippen LogP contribution in [0.15, 0.2) is 36.9 Å². The van der Waals surface area contributed by atoms with Crippen LogP contribution in [0.2, 0.25) is 0 Å². The molecule has 0 bridgehead atoms. The first-order valence-corrected chi connectivity index (χ1v) is 9.30. The van der Waals surface area contributed by atoms with Gasteiger partial charge in [0.1, 0.15) is 5.82 Å². The van der Waals surface area contributed by atoms with Gasteiger partial charge in [-0.1, -0.05) is 19.9 Å². The summed E-state index contributed by atoms with van der Waals surface area (Å²) in [4.78, 5) is 20.6. The molecular weight excluding hydrogens is 353 g/mol. The average molecular weight is 375 g/mol. The number of hydrogen-bond acceptors (Lipinski definition) is 4. The van der Waals surface area contributed by atoms with E-state index in [2.05, 4.69) is 16.5 Å². The van der Waals surface area contributed by atoms with Gasteiger partial charge in [-0.2, -0.15) is 0 Å². The minimum atomic E-state index is -1.88. The van der Waals surface area contributed by atoms with Gasteiger partial charge in [0, 0.05) is 25.1 Å². The molecule has 2 rings (SSSR count). The molecule has 0 N–H and O–H groups in total. The van der Waals surface area contributed by atoms with E-state index in [1.807, 2.05) is 13.8 Å². The fourth-order valence-corrected chi connectivity index (χ4v) is 3.18. The summed E-state index contributed by atoms with van der Waals surface area (Å²) in [7, 11) is -0.366. The molecule has 1 heterocycles. The molecule has 0 aliphatic rings. The van der Waals surface area contributed by atoms with Crippen molar-refractivity contribution < 1.29 is 13.4 Å². The fourth-order valence-electron chi connectivity index (χ4n) is 2.57. The summed E-state index contributed by atoms with van der Waals surface area (Å²) in [6.07, 6.45) is 2.30. The molecule has 0 amide bonds. The smallest absolute Gasteiger partial charge is 0.238 e. The van der Waals surface area contributed by atoms with Crippen LogP contribution in [-0.4, -0.2) is 26.3 Å². The van der Waals surface area contributed by atoms with Crippen LogP contribution >= 0.6 is 0 Å². The third-order valence-corrected chi connectivity index (χ3v) is 4.97. The molecule has 2 aromatic rings. The monoisotopic (exact) mass is 375 g/mol. The highest BCUT2D eigenvalue weighted by Crippen LogP contribution is 2.30. The van der Waals surface area contributed by atoms with Crippen molar-refractivity contribution in [3.63, 3.8) is 0 Å². The Balaban J connectivity index is 2.73. The molecule has 1 atom stereocenters. The highest BCUT2D eigenvalue weighted by Gasteiger charge is 2.22. The van der Waals surface area contributed by atoms with Crippen molar-refractivity contribution in [1.82, 2.24) is 9.97 Å². The summed E-state index contributed by atoms with van der Waals surface area (Å²) in [5, 5.41) is -0.485. The Morgan fingerprint density at radius 3 is 2.42 bits per heavy atom. The molecular formula is C19H22FN3O2S. The number of benzene rings is 1. The van der Waals surface area contributed by atoms with E-state index in [0.717, 1.165) is 16.8 Å². The molecule has 138 valence electrons. The minimum absolute atomic E-state index is 0.0741. The van der Waals surface area contributed by atoms with E-state index in [1.54, 1.807) is 18.2 Å². The van der Waals surface area contributed by atoms with Crippen LogP contribution in [0, 0.1) is 5.82 Å². The highest BCUT2D eigenvalue weighted by molar-refractivity contribution is 8.01. The number of nitrogens with zero attached hydrogens (tertiary/aromatic N) is 3. The average Bonchev–Trinajstić information content (AvgIpc) is 2.61. The number of carbonyl (C=O) groups excluding carboxylic acids is 1. The lowest BCUT2D eigenvalue weighted by Gasteiger charge is -2.20. The minimum Gasteiger partial charge on any atom is -0.283 e. The first kappa shape index (κ1) is 19.9. The number of halogens is 1. The largest absolute Gasteiger partial charge is 0.283 e. The van der Waals surface area contributed by atoms with Gasteiger partial charge in [0.25, 0.3) is 0 Å². The van der Waals surface area contributed by atoms with E-state index < -0.39 is 16.1 Å². The van der Waals surface area contributed by atoms with Gasteiger partial charge in [-0.25, -0.2) is 18.6 Å². The predicted octanol–water partition coefficient (Wildman–Crippen LogP) is 3.78. The van der Waals surface area contributed by atoms with E-state index in [0.29, 0.717) is 12.1 Å². The van der Waals surface area contributed by atoms with Gasteiger partial charge in [-0.15, -0.1) is 6.58 Å². The maximum atomic E-state index is 13.3. The van der Waals surface area contributed by atoms with Gasteiger partial charge in [0.15, 0.2) is 11.0 Å². The standard InChI is InChI=1S/C19H22FN3O2S/c1-6-7-16-17(12(2)3)21-19(23(5)26(25)13(4)24)22-18(16)14-8-10-15(20)11-9-14/h6,8-12H,1,7H2,2-5H3. The van der Waals surface area contributed by atoms with E-state index >= 15 is 0 Å². The summed E-state index contributed by atoms with van der Waals surface area (Å²) in [6.45, 7) is 9.04. The molecule has 1 aromatic carbocycles. The summed E-state index contributed by atoms with van der Waals surface area (Å²) >= 11 is 0. The zero-order valence-corrected chi connectivity index (χ0v) is 16.1. The van der Waals surface area contributed by atoms with Gasteiger partial charge < -0.3 is 0 Å². The zero-order chi connectivity index (χ0) is 19.4. The van der Waals surface area contributed by atoms with Crippen LogP contribution in [0.3, 0.4) is 0 Å². The van der Waals surface area contributed by atoms with Gasteiger partial charge in [-0.3, -0.25) is 9.10 Å². The van der Waals surface area contributed by atoms with Crippen molar-refractivity contribution in [2.45, 2.75) is 33.1 Å². The summed E-state index contributed by atoms with van der Waals surface area (Å²) in [6, 6.07) is 6.00. The Morgan fingerprint density at radius 1 is 1.31 bits per heavy atom. The molecule has 5 nitrogen and oxygen atoms in total. The van der Waals surface area contributed by atoms with E-state index in [1.165, 1.54) is 30.4 Å². The molecule has 0 spiro atoms. The first-order chi connectivity index (χ1) is 12.3. The molecule has 0 aliphatic heterocycles. The zero-order valence-electron chi connectivity index (χ0n) is 15.3. The second kappa shape index (κ2) is 8.31. The number of allylic oxidation sites excluding steroid dienone is 1. The first-order valence-electron chi connectivity index (χ1n) is 8.20. The summed E-state index contributed by atoms with van der Waals surface area (Å²) in [5.74, 6) is -0.0772. The predicted molar refractivity (Wildman–Crippen MR) is 103 cm³/mol. The molecule has 0 aliphatic carbocycles. The van der Waals surface area contributed by atoms with Gasteiger partial charge in [-0.05, 0) is 36.6 Å². The van der Waals surface area contributed by atoms with Crippen molar-refractivity contribution in [2.75, 3.05) is 11.4 Å². The normalized spacial score (nSPS) is 12.1. The van der Waals surface area contributed by atoms with Crippen molar-refractivity contribution >= 4 is 22.0 Å². The van der Waals surface area contributed by atoms with Gasteiger partial charge in [0.05, 0.1) is 11.4 Å². The number of hydrogen-bond donors (Lipinski definition) is 0. The Morgan fingerprint density at radius 2 is 1.92 bits per heavy atom. The lowest BCUT2D eigenvalue weighted by molar-refractivity contribution is -0.109. The topological polar surface area (TPSA) is 63.2 Å². The van der Waals surface area contributed by atoms with Crippen molar-refractivity contribution in [3.8, 4) is 11.3 Å². The molecule has 0 fully saturated rings. The Hall–Kier alpha value is -2.41. The maximum Gasteiger partial charge on any atom is 0.238 e. The van der Waals surface area contributed by atoms with Crippen LogP contribution < -0.4 is 4.31 Å². The number of rotatable bonds is 6. The van der Waals surface area contributed by atoms with Crippen LogP contribution in [0.1, 0.15) is 37.9 Å². The number of aromatic nitrogens is 2. The van der Waals surface area contributed by atoms with Crippen LogP contribution in [0.5, 0.6) is 0 Å². The van der Waals surface area contributed by atoms with Gasteiger partial charge in [0.2, 0.25) is 11.1 Å². The SMILES string of the molecule is C=CCc1c(-c2ccc(F)cc2)nc(N(C)S(=O)C(C)=O)nc1C(C)C. The van der Waals surface area contributed by atoms with E-state index in [4.69, 9.17) is 0 Å². The second-order valence-corrected chi connectivity index (χ2v) is 7.75. The molecule has 1 aromatic heterocycles. The van der Waals surface area contributed by atoms with Crippen molar-refractivity contribution in [2.24, 2.45) is 0 Å². The van der Waals surface area contributed by atoms with E-state index in [-0.39, 0.29) is 17.7 Å². The lowest BCUT2D eigenvalue weighted by Crippen LogP contribution is -2.28. The quantitative estimate of drug-likeness (QED) is 0.721. The third kappa shape index (κ3) is 4.22. The van der Waals surface area contributed by atoms with Crippen molar-refractivity contribution in [1.29, 1.82) is 0 Å². The Labute approximate surface area is 155 Å². The van der Waals surface area contributed by atoms with Gasteiger partial charge >= 0.3 is 0 Å². The van der Waals surface area contributed by atoms with Crippen LogP contribution in [0.4, 0.5) is 10.3 Å². The molecule has 1 unspecified atom stereocenters. The fraction of sp³-hybridized carbons (Fsp3) is 0.316. The summed E-state index contributed by atoms with van der Waals surface area (Å²) in [5.41, 5.74) is 3.00. The lowest BCUT2D eigenvalue weighted by atomic mass is 9.96. The Bertz CT molecular complexity index is 851. The molecule has 26 heavy (non-hydrogen) atoms. The van der Waals surface area contributed by atoms with Crippen LogP contribution in [0.25, 0.3) is 11.3 Å². The summed E-state index contributed by atoms with van der Waals surface area (Å²) < 4.78 is 26.7.